The number of para-hydroxylation sites is 1. The maximum absolute atomic E-state index is 11.5. The standard InChI is InChI=1S/C15H16ClN3O/c1-9(10-4-2-5-11(16)8-10)19-14-12(15(18)20)6-3-7-13(14)17/h2-9,19H,17H2,1H3,(H2,18,20). The van der Waals surface area contributed by atoms with Crippen molar-refractivity contribution in [2.24, 2.45) is 5.73 Å². The van der Waals surface area contributed by atoms with Gasteiger partial charge in [0, 0.05) is 11.1 Å². The number of primary amides is 1. The Morgan fingerprint density at radius 1 is 1.25 bits per heavy atom. The first-order chi connectivity index (χ1) is 9.49. The highest BCUT2D eigenvalue weighted by atomic mass is 35.5. The van der Waals surface area contributed by atoms with Gasteiger partial charge in [-0.1, -0.05) is 29.8 Å². The molecule has 0 aliphatic heterocycles. The molecule has 0 saturated heterocycles. The molecule has 20 heavy (non-hydrogen) atoms. The normalized spacial score (nSPS) is 11.9. The zero-order valence-corrected chi connectivity index (χ0v) is 11.8. The summed E-state index contributed by atoms with van der Waals surface area (Å²) in [5.41, 5.74) is 13.7. The second-order valence-electron chi connectivity index (χ2n) is 4.56. The number of halogens is 1. The van der Waals surface area contributed by atoms with E-state index in [1.807, 2.05) is 31.2 Å². The van der Waals surface area contributed by atoms with Crippen LogP contribution in [0.15, 0.2) is 42.5 Å². The summed E-state index contributed by atoms with van der Waals surface area (Å²) in [4.78, 5) is 11.5. The molecule has 2 aromatic carbocycles. The molecule has 5 N–H and O–H groups in total. The van der Waals surface area contributed by atoms with Gasteiger partial charge in [0.15, 0.2) is 0 Å². The second-order valence-corrected chi connectivity index (χ2v) is 4.99. The first-order valence-electron chi connectivity index (χ1n) is 6.19. The first kappa shape index (κ1) is 14.2. The van der Waals surface area contributed by atoms with Crippen LogP contribution in [0.2, 0.25) is 5.02 Å². The highest BCUT2D eigenvalue weighted by molar-refractivity contribution is 6.30. The fraction of sp³-hybridized carbons (Fsp3) is 0.133. The molecule has 5 heteroatoms. The molecule has 0 fully saturated rings. The predicted molar refractivity (Wildman–Crippen MR) is 82.9 cm³/mol. The summed E-state index contributed by atoms with van der Waals surface area (Å²) in [6.07, 6.45) is 0. The lowest BCUT2D eigenvalue weighted by atomic mass is 10.1. The molecule has 1 atom stereocenters. The minimum atomic E-state index is -0.516. The van der Waals surface area contributed by atoms with Crippen LogP contribution < -0.4 is 16.8 Å². The van der Waals surface area contributed by atoms with Crippen molar-refractivity contribution in [2.45, 2.75) is 13.0 Å². The average molecular weight is 290 g/mol. The smallest absolute Gasteiger partial charge is 0.250 e. The third-order valence-electron chi connectivity index (χ3n) is 3.07. The number of benzene rings is 2. The number of carbonyl (C=O) groups excluding carboxylic acids is 1. The lowest BCUT2D eigenvalue weighted by molar-refractivity contribution is 0.100. The van der Waals surface area contributed by atoms with Crippen molar-refractivity contribution in [1.82, 2.24) is 0 Å². The van der Waals surface area contributed by atoms with Gasteiger partial charge in [-0.3, -0.25) is 4.79 Å². The van der Waals surface area contributed by atoms with Gasteiger partial charge >= 0.3 is 0 Å². The lowest BCUT2D eigenvalue weighted by Crippen LogP contribution is -2.17. The van der Waals surface area contributed by atoms with Crippen molar-refractivity contribution < 1.29 is 4.79 Å². The number of hydrogen-bond acceptors (Lipinski definition) is 3. The summed E-state index contributed by atoms with van der Waals surface area (Å²) in [5.74, 6) is -0.516. The molecular weight excluding hydrogens is 274 g/mol. The van der Waals surface area contributed by atoms with E-state index < -0.39 is 5.91 Å². The molecule has 0 radical (unpaired) electrons. The van der Waals surface area contributed by atoms with E-state index in [9.17, 15) is 4.79 Å². The molecule has 0 spiro atoms. The van der Waals surface area contributed by atoms with Crippen LogP contribution in [0, 0.1) is 0 Å². The van der Waals surface area contributed by atoms with E-state index in [4.69, 9.17) is 23.1 Å². The van der Waals surface area contributed by atoms with E-state index in [0.717, 1.165) is 5.56 Å². The van der Waals surface area contributed by atoms with Gasteiger partial charge in [-0.05, 0) is 36.8 Å². The van der Waals surface area contributed by atoms with Gasteiger partial charge in [0.25, 0.3) is 5.91 Å². The van der Waals surface area contributed by atoms with E-state index >= 15 is 0 Å². The highest BCUT2D eigenvalue weighted by Crippen LogP contribution is 2.28. The van der Waals surface area contributed by atoms with E-state index in [-0.39, 0.29) is 6.04 Å². The number of nitrogens with one attached hydrogen (secondary N) is 1. The minimum Gasteiger partial charge on any atom is -0.397 e. The van der Waals surface area contributed by atoms with Gasteiger partial charge in [-0.2, -0.15) is 0 Å². The number of rotatable bonds is 4. The number of amides is 1. The van der Waals surface area contributed by atoms with Crippen LogP contribution in [-0.4, -0.2) is 5.91 Å². The first-order valence-corrected chi connectivity index (χ1v) is 6.57. The number of nitrogens with two attached hydrogens (primary N) is 2. The molecule has 0 heterocycles. The predicted octanol–water partition coefficient (Wildman–Crippen LogP) is 3.19. The van der Waals surface area contributed by atoms with Crippen molar-refractivity contribution in [3.05, 3.63) is 58.6 Å². The third kappa shape index (κ3) is 3.03. The van der Waals surface area contributed by atoms with Crippen molar-refractivity contribution in [3.8, 4) is 0 Å². The van der Waals surface area contributed by atoms with Crippen LogP contribution in [0.5, 0.6) is 0 Å². The summed E-state index contributed by atoms with van der Waals surface area (Å²) >= 11 is 5.98. The summed E-state index contributed by atoms with van der Waals surface area (Å²) in [6.45, 7) is 1.96. The lowest BCUT2D eigenvalue weighted by Gasteiger charge is -2.19. The summed E-state index contributed by atoms with van der Waals surface area (Å²) in [7, 11) is 0. The zero-order valence-electron chi connectivity index (χ0n) is 11.1. The molecule has 1 unspecified atom stereocenters. The number of nitrogen functional groups attached to an aromatic ring is 1. The largest absolute Gasteiger partial charge is 0.397 e. The Kier molecular flexibility index (Phi) is 4.15. The molecule has 1 amide bonds. The summed E-state index contributed by atoms with van der Waals surface area (Å²) < 4.78 is 0. The SMILES string of the molecule is CC(Nc1c(N)cccc1C(N)=O)c1cccc(Cl)c1. The fourth-order valence-corrected chi connectivity index (χ4v) is 2.21. The Morgan fingerprint density at radius 2 is 1.95 bits per heavy atom. The van der Waals surface area contributed by atoms with E-state index in [0.29, 0.717) is 22.0 Å². The molecule has 0 bridgehead atoms. The van der Waals surface area contributed by atoms with E-state index in [1.54, 1.807) is 18.2 Å². The number of anilines is 2. The number of hydrogen-bond donors (Lipinski definition) is 3. The monoisotopic (exact) mass is 289 g/mol. The molecule has 104 valence electrons. The Morgan fingerprint density at radius 3 is 2.60 bits per heavy atom. The van der Waals surface area contributed by atoms with Crippen LogP contribution in [0.25, 0.3) is 0 Å². The molecule has 0 aromatic heterocycles. The Hall–Kier alpha value is -2.20. The zero-order chi connectivity index (χ0) is 14.7. The average Bonchev–Trinajstić information content (AvgIpc) is 2.40. The van der Waals surface area contributed by atoms with Crippen LogP contribution >= 0.6 is 11.6 Å². The Balaban J connectivity index is 2.32. The maximum Gasteiger partial charge on any atom is 0.250 e. The van der Waals surface area contributed by atoms with Crippen LogP contribution in [0.4, 0.5) is 11.4 Å². The van der Waals surface area contributed by atoms with E-state index in [2.05, 4.69) is 5.32 Å². The van der Waals surface area contributed by atoms with Gasteiger partial charge in [0.05, 0.1) is 16.9 Å². The van der Waals surface area contributed by atoms with Gasteiger partial charge in [-0.25, -0.2) is 0 Å². The van der Waals surface area contributed by atoms with E-state index in [1.165, 1.54) is 0 Å². The molecule has 2 aromatic rings. The quantitative estimate of drug-likeness (QED) is 0.756. The van der Waals surface area contributed by atoms with Gasteiger partial charge in [0.2, 0.25) is 0 Å². The minimum absolute atomic E-state index is 0.0588. The third-order valence-corrected chi connectivity index (χ3v) is 3.31. The van der Waals surface area contributed by atoms with Crippen LogP contribution in [0.3, 0.4) is 0 Å². The van der Waals surface area contributed by atoms with Crippen molar-refractivity contribution in [3.63, 3.8) is 0 Å². The second kappa shape index (κ2) is 5.84. The summed E-state index contributed by atoms with van der Waals surface area (Å²) in [6, 6.07) is 12.5. The number of carbonyl (C=O) groups is 1. The molecule has 2 rings (SSSR count). The molecule has 4 nitrogen and oxygen atoms in total. The topological polar surface area (TPSA) is 81.1 Å². The van der Waals surface area contributed by atoms with Gasteiger partial charge in [0.1, 0.15) is 0 Å². The molecule has 0 saturated carbocycles. The molecule has 0 aliphatic carbocycles. The van der Waals surface area contributed by atoms with Crippen molar-refractivity contribution in [2.75, 3.05) is 11.1 Å². The molecule has 0 aliphatic rings. The van der Waals surface area contributed by atoms with Gasteiger partial charge < -0.3 is 16.8 Å². The van der Waals surface area contributed by atoms with Crippen LogP contribution in [-0.2, 0) is 0 Å². The Labute approximate surface area is 122 Å². The maximum atomic E-state index is 11.5. The highest BCUT2D eigenvalue weighted by Gasteiger charge is 2.14. The van der Waals surface area contributed by atoms with Crippen molar-refractivity contribution in [1.29, 1.82) is 0 Å². The summed E-state index contributed by atoms with van der Waals surface area (Å²) in [5, 5.41) is 3.88. The molecular formula is C15H16ClN3O. The van der Waals surface area contributed by atoms with Gasteiger partial charge in [-0.15, -0.1) is 0 Å². The Bertz CT molecular complexity index is 643. The fourth-order valence-electron chi connectivity index (χ4n) is 2.01. The van der Waals surface area contributed by atoms with Crippen LogP contribution in [0.1, 0.15) is 28.9 Å². The van der Waals surface area contributed by atoms with Crippen molar-refractivity contribution >= 4 is 28.9 Å².